The Morgan fingerprint density at radius 2 is 2.05 bits per heavy atom. The number of para-hydroxylation sites is 1. The quantitative estimate of drug-likeness (QED) is 0.848. The Morgan fingerprint density at radius 3 is 2.95 bits per heavy atom. The van der Waals surface area contributed by atoms with Crippen molar-refractivity contribution in [2.45, 2.75) is 12.6 Å². The third-order valence-electron chi connectivity index (χ3n) is 4.76. The number of likely N-dealkylation sites (N-methyl/N-ethyl adjacent to an activating group) is 1. The monoisotopic (exact) mass is 296 g/mol. The van der Waals surface area contributed by atoms with Crippen LogP contribution in [0.1, 0.15) is 5.56 Å². The molecule has 0 aliphatic carbocycles. The number of piperazine rings is 1. The van der Waals surface area contributed by atoms with Gasteiger partial charge in [-0.15, -0.1) is 0 Å². The summed E-state index contributed by atoms with van der Waals surface area (Å²) in [6.07, 6.45) is 1.89. The van der Waals surface area contributed by atoms with E-state index in [1.165, 1.54) is 10.9 Å². The van der Waals surface area contributed by atoms with Crippen molar-refractivity contribution >= 4 is 16.9 Å². The number of carbonyl (C=O) groups excluding carboxylic acids is 1. The number of fused-ring (bicyclic) bond motifs is 2. The lowest BCUT2D eigenvalue weighted by Gasteiger charge is -2.36. The minimum absolute atomic E-state index is 0.180. The summed E-state index contributed by atoms with van der Waals surface area (Å²) in [4.78, 5) is 22.7. The molecule has 2 aliphatic rings. The van der Waals surface area contributed by atoms with Gasteiger partial charge in [0.05, 0.1) is 11.6 Å². The minimum Gasteiger partial charge on any atom is -0.326 e. The summed E-state index contributed by atoms with van der Waals surface area (Å²) in [5.41, 5.74) is 2.37. The highest BCUT2D eigenvalue weighted by atomic mass is 16.2. The highest BCUT2D eigenvalue weighted by molar-refractivity contribution is 5.81. The summed E-state index contributed by atoms with van der Waals surface area (Å²) < 4.78 is 0. The molecule has 1 atom stereocenters. The average Bonchev–Trinajstić information content (AvgIpc) is 2.82. The first-order chi connectivity index (χ1) is 10.7. The Kier molecular flexibility index (Phi) is 3.22. The van der Waals surface area contributed by atoms with Crippen molar-refractivity contribution in [3.05, 3.63) is 42.1 Å². The Hall–Kier alpha value is -2.14. The van der Waals surface area contributed by atoms with Gasteiger partial charge >= 0.3 is 6.03 Å². The molecule has 0 saturated carbocycles. The molecule has 1 aromatic heterocycles. The van der Waals surface area contributed by atoms with Crippen LogP contribution in [0.15, 0.2) is 36.5 Å². The average molecular weight is 296 g/mol. The molecule has 3 heterocycles. The van der Waals surface area contributed by atoms with E-state index in [1.807, 2.05) is 29.1 Å². The lowest BCUT2D eigenvalue weighted by Crippen LogP contribution is -2.51. The normalized spacial score (nSPS) is 22.4. The van der Waals surface area contributed by atoms with Gasteiger partial charge in [0.2, 0.25) is 0 Å². The van der Waals surface area contributed by atoms with Crippen molar-refractivity contribution in [3.8, 4) is 0 Å². The zero-order chi connectivity index (χ0) is 15.1. The van der Waals surface area contributed by atoms with Crippen LogP contribution in [0.5, 0.6) is 0 Å². The van der Waals surface area contributed by atoms with Crippen LogP contribution in [0.3, 0.4) is 0 Å². The van der Waals surface area contributed by atoms with Crippen molar-refractivity contribution in [2.75, 3.05) is 33.2 Å². The van der Waals surface area contributed by atoms with E-state index in [9.17, 15) is 4.79 Å². The first-order valence-corrected chi connectivity index (χ1v) is 7.79. The molecule has 2 aliphatic heterocycles. The van der Waals surface area contributed by atoms with Crippen molar-refractivity contribution in [3.63, 3.8) is 0 Å². The van der Waals surface area contributed by atoms with Crippen molar-refractivity contribution in [1.82, 2.24) is 19.7 Å². The molecule has 0 spiro atoms. The van der Waals surface area contributed by atoms with E-state index >= 15 is 0 Å². The Morgan fingerprint density at radius 1 is 1.18 bits per heavy atom. The molecular formula is C17H20N4O. The van der Waals surface area contributed by atoms with E-state index < -0.39 is 0 Å². The van der Waals surface area contributed by atoms with E-state index in [0.29, 0.717) is 6.04 Å². The number of rotatable bonds is 2. The summed E-state index contributed by atoms with van der Waals surface area (Å²) in [6, 6.07) is 10.9. The standard InChI is InChI=1S/C17H20N4O/c1-19-11-14-12-20(8-9-21(14)17(19)22)10-13-6-7-18-16-5-3-2-4-15(13)16/h2-7,14H,8-12H2,1H3/t14-/m0/s1. The van der Waals surface area contributed by atoms with Gasteiger partial charge in [0.25, 0.3) is 0 Å². The largest absolute Gasteiger partial charge is 0.326 e. The molecule has 2 saturated heterocycles. The molecule has 0 bridgehead atoms. The number of amides is 2. The van der Waals surface area contributed by atoms with Gasteiger partial charge < -0.3 is 9.80 Å². The van der Waals surface area contributed by atoms with E-state index in [0.717, 1.165) is 38.2 Å². The van der Waals surface area contributed by atoms with Gasteiger partial charge in [-0.25, -0.2) is 4.79 Å². The number of pyridine rings is 1. The Bertz CT molecular complexity index is 711. The predicted molar refractivity (Wildman–Crippen MR) is 85.5 cm³/mol. The molecule has 1 aromatic carbocycles. The van der Waals surface area contributed by atoms with Crippen molar-refractivity contribution in [1.29, 1.82) is 0 Å². The second-order valence-corrected chi connectivity index (χ2v) is 6.23. The molecule has 114 valence electrons. The third-order valence-corrected chi connectivity index (χ3v) is 4.76. The van der Waals surface area contributed by atoms with Gasteiger partial charge in [0.15, 0.2) is 0 Å². The maximum Gasteiger partial charge on any atom is 0.320 e. The maximum atomic E-state index is 12.0. The summed E-state index contributed by atoms with van der Waals surface area (Å²) in [6.45, 7) is 4.48. The van der Waals surface area contributed by atoms with Crippen LogP contribution in [-0.4, -0.2) is 65.0 Å². The third kappa shape index (κ3) is 2.22. The predicted octanol–water partition coefficient (Wildman–Crippen LogP) is 1.79. The van der Waals surface area contributed by atoms with Gasteiger partial charge in [-0.05, 0) is 17.7 Å². The van der Waals surface area contributed by atoms with Gasteiger partial charge in [-0.3, -0.25) is 9.88 Å². The highest BCUT2D eigenvalue weighted by Gasteiger charge is 2.38. The zero-order valence-electron chi connectivity index (χ0n) is 12.8. The van der Waals surface area contributed by atoms with Gasteiger partial charge in [-0.2, -0.15) is 0 Å². The van der Waals surface area contributed by atoms with Crippen molar-refractivity contribution < 1.29 is 4.79 Å². The molecule has 2 amide bonds. The number of hydrogen-bond acceptors (Lipinski definition) is 3. The number of carbonyl (C=O) groups is 1. The fraction of sp³-hybridized carbons (Fsp3) is 0.412. The zero-order valence-corrected chi connectivity index (χ0v) is 12.8. The summed E-state index contributed by atoms with van der Waals surface area (Å²) in [7, 11) is 1.89. The number of hydrogen-bond donors (Lipinski definition) is 0. The molecule has 22 heavy (non-hydrogen) atoms. The van der Waals surface area contributed by atoms with Crippen LogP contribution >= 0.6 is 0 Å². The molecule has 5 heteroatoms. The van der Waals surface area contributed by atoms with Crippen LogP contribution in [0.4, 0.5) is 4.79 Å². The number of urea groups is 1. The summed E-state index contributed by atoms with van der Waals surface area (Å²) in [5.74, 6) is 0. The van der Waals surface area contributed by atoms with Crippen LogP contribution in [0.2, 0.25) is 0 Å². The van der Waals surface area contributed by atoms with E-state index in [1.54, 1.807) is 0 Å². The van der Waals surface area contributed by atoms with Gasteiger partial charge in [0.1, 0.15) is 0 Å². The molecule has 0 unspecified atom stereocenters. The van der Waals surface area contributed by atoms with E-state index in [2.05, 4.69) is 34.1 Å². The highest BCUT2D eigenvalue weighted by Crippen LogP contribution is 2.23. The first-order valence-electron chi connectivity index (χ1n) is 7.79. The molecule has 2 aromatic rings. The van der Waals surface area contributed by atoms with Crippen LogP contribution in [-0.2, 0) is 6.54 Å². The molecule has 0 radical (unpaired) electrons. The fourth-order valence-corrected chi connectivity index (χ4v) is 3.62. The van der Waals surface area contributed by atoms with Crippen LogP contribution in [0, 0.1) is 0 Å². The molecule has 0 N–H and O–H groups in total. The van der Waals surface area contributed by atoms with Crippen LogP contribution in [0.25, 0.3) is 10.9 Å². The number of aromatic nitrogens is 1. The first kappa shape index (κ1) is 13.5. The van der Waals surface area contributed by atoms with E-state index in [4.69, 9.17) is 0 Å². The minimum atomic E-state index is 0.180. The number of nitrogens with zero attached hydrogens (tertiary/aromatic N) is 4. The SMILES string of the molecule is CN1C[C@H]2CN(Cc3ccnc4ccccc34)CCN2C1=O. The topological polar surface area (TPSA) is 39.7 Å². The second kappa shape index (κ2) is 5.25. The van der Waals surface area contributed by atoms with Gasteiger partial charge in [0, 0.05) is 51.4 Å². The smallest absolute Gasteiger partial charge is 0.320 e. The van der Waals surface area contributed by atoms with Crippen molar-refractivity contribution in [2.24, 2.45) is 0 Å². The summed E-state index contributed by atoms with van der Waals surface area (Å²) in [5, 5.41) is 1.23. The van der Waals surface area contributed by atoms with Gasteiger partial charge in [-0.1, -0.05) is 18.2 Å². The van der Waals surface area contributed by atoms with E-state index in [-0.39, 0.29) is 6.03 Å². The Balaban J connectivity index is 1.53. The lowest BCUT2D eigenvalue weighted by molar-refractivity contribution is 0.116. The fourth-order valence-electron chi connectivity index (χ4n) is 3.62. The summed E-state index contributed by atoms with van der Waals surface area (Å²) >= 11 is 0. The number of benzene rings is 1. The molecular weight excluding hydrogens is 276 g/mol. The maximum absolute atomic E-state index is 12.0. The Labute approximate surface area is 130 Å². The second-order valence-electron chi connectivity index (χ2n) is 6.23. The van der Waals surface area contributed by atoms with Crippen LogP contribution < -0.4 is 0 Å². The molecule has 2 fully saturated rings. The molecule has 4 rings (SSSR count). The lowest BCUT2D eigenvalue weighted by atomic mass is 10.1. The molecule has 5 nitrogen and oxygen atoms in total.